The smallest absolute Gasteiger partial charge is 0.291 e. The summed E-state index contributed by atoms with van der Waals surface area (Å²) in [7, 11) is 0. The summed E-state index contributed by atoms with van der Waals surface area (Å²) in [4.78, 5) is 29.8. The molecule has 1 atom stereocenters. The van der Waals surface area contributed by atoms with Crippen molar-refractivity contribution in [2.75, 3.05) is 5.73 Å². The lowest BCUT2D eigenvalue weighted by Gasteiger charge is -2.18. The molecule has 0 saturated heterocycles. The van der Waals surface area contributed by atoms with Crippen LogP contribution < -0.4 is 16.4 Å². The second kappa shape index (κ2) is 9.25. The van der Waals surface area contributed by atoms with Crippen molar-refractivity contribution in [1.29, 1.82) is 0 Å². The van der Waals surface area contributed by atoms with Crippen LogP contribution in [0.15, 0.2) is 71.4 Å². The van der Waals surface area contributed by atoms with Crippen molar-refractivity contribution in [2.45, 2.75) is 19.0 Å². The van der Waals surface area contributed by atoms with Crippen LogP contribution in [0, 0.1) is 5.82 Å². The number of amides is 2. The number of nitrogens with one attached hydrogen (secondary N) is 2. The minimum atomic E-state index is -0.932. The van der Waals surface area contributed by atoms with E-state index in [1.165, 1.54) is 12.1 Å². The van der Waals surface area contributed by atoms with E-state index in [-0.39, 0.29) is 24.5 Å². The average Bonchev–Trinajstić information content (AvgIpc) is 3.24. The predicted octanol–water partition coefficient (Wildman–Crippen LogP) is 2.60. The number of pyridine rings is 1. The highest BCUT2D eigenvalue weighted by Gasteiger charge is 2.25. The predicted molar refractivity (Wildman–Crippen MR) is 116 cm³/mol. The van der Waals surface area contributed by atoms with Gasteiger partial charge in [-0.05, 0) is 41.5 Å². The van der Waals surface area contributed by atoms with Gasteiger partial charge in [0, 0.05) is 19.2 Å². The minimum Gasteiger partial charge on any atom is -0.384 e. The number of nitrogens with zero attached hydrogens (tertiary/aromatic N) is 2. The molecule has 0 fully saturated rings. The maximum absolute atomic E-state index is 13.3. The summed E-state index contributed by atoms with van der Waals surface area (Å²) in [5, 5.41) is 9.90. The SMILES string of the molecule is Nc1ccc(CNC(=O)[C@H](Cc2ccc(F)cc2)NC(=O)c2onc3ccccc23)cn1. The lowest BCUT2D eigenvalue weighted by Crippen LogP contribution is -2.47. The van der Waals surface area contributed by atoms with Crippen molar-refractivity contribution < 1.29 is 18.5 Å². The Morgan fingerprint density at radius 1 is 1.03 bits per heavy atom. The molecule has 32 heavy (non-hydrogen) atoms. The maximum atomic E-state index is 13.3. The summed E-state index contributed by atoms with van der Waals surface area (Å²) in [5.41, 5.74) is 7.55. The van der Waals surface area contributed by atoms with Crippen LogP contribution in [0.5, 0.6) is 0 Å². The summed E-state index contributed by atoms with van der Waals surface area (Å²) in [6.45, 7) is 0.202. The van der Waals surface area contributed by atoms with Crippen LogP contribution in [0.1, 0.15) is 21.7 Å². The fourth-order valence-electron chi connectivity index (χ4n) is 3.20. The molecule has 0 aliphatic rings. The van der Waals surface area contributed by atoms with Crippen molar-refractivity contribution in [1.82, 2.24) is 20.8 Å². The number of hydrogen-bond donors (Lipinski definition) is 3. The highest BCUT2D eigenvalue weighted by molar-refractivity contribution is 6.05. The van der Waals surface area contributed by atoms with Gasteiger partial charge in [-0.1, -0.05) is 35.5 Å². The number of nitrogen functional groups attached to an aromatic ring is 1. The summed E-state index contributed by atoms with van der Waals surface area (Å²) >= 11 is 0. The summed E-state index contributed by atoms with van der Waals surface area (Å²) < 4.78 is 18.5. The van der Waals surface area contributed by atoms with E-state index in [0.29, 0.717) is 22.3 Å². The van der Waals surface area contributed by atoms with Gasteiger partial charge < -0.3 is 20.9 Å². The summed E-state index contributed by atoms with van der Waals surface area (Å²) in [6.07, 6.45) is 1.72. The second-order valence-corrected chi connectivity index (χ2v) is 7.19. The minimum absolute atomic E-state index is 0.0141. The van der Waals surface area contributed by atoms with E-state index in [0.717, 1.165) is 5.56 Å². The van der Waals surface area contributed by atoms with Crippen molar-refractivity contribution in [2.24, 2.45) is 0 Å². The van der Waals surface area contributed by atoms with E-state index >= 15 is 0 Å². The number of rotatable bonds is 7. The number of carbonyl (C=O) groups is 2. The molecule has 2 heterocycles. The van der Waals surface area contributed by atoms with E-state index in [1.54, 1.807) is 54.7 Å². The molecule has 0 spiro atoms. The molecule has 0 unspecified atom stereocenters. The zero-order valence-corrected chi connectivity index (χ0v) is 16.9. The van der Waals surface area contributed by atoms with E-state index in [2.05, 4.69) is 20.8 Å². The molecule has 4 aromatic rings. The fourth-order valence-corrected chi connectivity index (χ4v) is 3.20. The molecule has 4 rings (SSSR count). The van der Waals surface area contributed by atoms with E-state index in [1.807, 2.05) is 0 Å². The zero-order valence-electron chi connectivity index (χ0n) is 16.9. The lowest BCUT2D eigenvalue weighted by molar-refractivity contribution is -0.123. The van der Waals surface area contributed by atoms with Gasteiger partial charge in [0.25, 0.3) is 5.91 Å². The van der Waals surface area contributed by atoms with Crippen molar-refractivity contribution >= 4 is 28.5 Å². The second-order valence-electron chi connectivity index (χ2n) is 7.19. The molecule has 2 aromatic heterocycles. The highest BCUT2D eigenvalue weighted by atomic mass is 19.1. The Kier molecular flexibility index (Phi) is 6.07. The molecule has 162 valence electrons. The molecular weight excluding hydrogens is 413 g/mol. The lowest BCUT2D eigenvalue weighted by atomic mass is 10.0. The number of anilines is 1. The molecule has 9 heteroatoms. The van der Waals surface area contributed by atoms with Crippen LogP contribution in [0.25, 0.3) is 10.9 Å². The van der Waals surface area contributed by atoms with Crippen LogP contribution in [-0.2, 0) is 17.8 Å². The standard InChI is InChI=1S/C23H20FN5O3/c24-16-8-5-14(6-9-16)11-19(22(30)27-13-15-7-10-20(25)26-12-15)28-23(31)21-17-3-1-2-4-18(17)29-32-21/h1-10,12,19H,11,13H2,(H2,25,26)(H,27,30)(H,28,31)/t19-/m0/s1. The Hall–Kier alpha value is -4.27. The molecule has 2 amide bonds. The van der Waals surface area contributed by atoms with E-state index in [9.17, 15) is 14.0 Å². The van der Waals surface area contributed by atoms with Gasteiger partial charge >= 0.3 is 0 Å². The van der Waals surface area contributed by atoms with Gasteiger partial charge in [-0.15, -0.1) is 0 Å². The number of hydrogen-bond acceptors (Lipinski definition) is 6. The van der Waals surface area contributed by atoms with Crippen LogP contribution in [0.3, 0.4) is 0 Å². The molecule has 4 N–H and O–H groups in total. The fraction of sp³-hybridized carbons (Fsp3) is 0.130. The first-order chi connectivity index (χ1) is 15.5. The largest absolute Gasteiger partial charge is 0.384 e. The zero-order chi connectivity index (χ0) is 22.5. The topological polar surface area (TPSA) is 123 Å². The van der Waals surface area contributed by atoms with Gasteiger partial charge in [0.1, 0.15) is 23.2 Å². The Bertz CT molecular complexity index is 1240. The van der Waals surface area contributed by atoms with Crippen LogP contribution in [-0.4, -0.2) is 28.0 Å². The van der Waals surface area contributed by atoms with Crippen LogP contribution in [0.4, 0.5) is 10.2 Å². The molecule has 0 aliphatic heterocycles. The third-order valence-corrected chi connectivity index (χ3v) is 4.88. The summed E-state index contributed by atoms with van der Waals surface area (Å²) in [6, 6.07) is 15.2. The van der Waals surface area contributed by atoms with Crippen molar-refractivity contribution in [3.05, 3.63) is 89.6 Å². The normalized spacial score (nSPS) is 11.8. The molecule has 0 aliphatic carbocycles. The van der Waals surface area contributed by atoms with Gasteiger partial charge in [-0.25, -0.2) is 9.37 Å². The van der Waals surface area contributed by atoms with Crippen LogP contribution >= 0.6 is 0 Å². The Labute approximate surface area is 182 Å². The number of carbonyl (C=O) groups excluding carboxylic acids is 2. The quantitative estimate of drug-likeness (QED) is 0.412. The van der Waals surface area contributed by atoms with Crippen LogP contribution in [0.2, 0.25) is 0 Å². The molecular formula is C23H20FN5O3. The third-order valence-electron chi connectivity index (χ3n) is 4.88. The summed E-state index contributed by atoms with van der Waals surface area (Å²) in [5.74, 6) is -0.984. The third kappa shape index (κ3) is 4.89. The van der Waals surface area contributed by atoms with Gasteiger partial charge in [-0.3, -0.25) is 9.59 Å². The number of nitrogens with two attached hydrogens (primary N) is 1. The average molecular weight is 433 g/mol. The first-order valence-electron chi connectivity index (χ1n) is 9.87. The van der Waals surface area contributed by atoms with Gasteiger partial charge in [-0.2, -0.15) is 0 Å². The van der Waals surface area contributed by atoms with Crippen molar-refractivity contribution in [3.63, 3.8) is 0 Å². The van der Waals surface area contributed by atoms with Gasteiger partial charge in [0.05, 0.1) is 5.39 Å². The van der Waals surface area contributed by atoms with E-state index in [4.69, 9.17) is 10.3 Å². The molecule has 0 saturated carbocycles. The number of fused-ring (bicyclic) bond motifs is 1. The molecule has 0 radical (unpaired) electrons. The van der Waals surface area contributed by atoms with Gasteiger partial charge in [0.2, 0.25) is 11.7 Å². The number of aromatic nitrogens is 2. The first kappa shape index (κ1) is 21.0. The molecule has 0 bridgehead atoms. The molecule has 8 nitrogen and oxygen atoms in total. The van der Waals surface area contributed by atoms with Gasteiger partial charge in [0.15, 0.2) is 0 Å². The first-order valence-corrected chi connectivity index (χ1v) is 9.87. The highest BCUT2D eigenvalue weighted by Crippen LogP contribution is 2.18. The number of benzene rings is 2. The van der Waals surface area contributed by atoms with Crippen molar-refractivity contribution in [3.8, 4) is 0 Å². The van der Waals surface area contributed by atoms with E-state index < -0.39 is 17.9 Å². The number of halogens is 1. The molecule has 2 aromatic carbocycles. The monoisotopic (exact) mass is 433 g/mol. The Balaban J connectivity index is 1.52. The Morgan fingerprint density at radius 2 is 1.78 bits per heavy atom. The Morgan fingerprint density at radius 3 is 2.53 bits per heavy atom. The maximum Gasteiger partial charge on any atom is 0.291 e.